The minimum absolute atomic E-state index is 0.381. The number of imidazole rings is 1. The van der Waals surface area contributed by atoms with E-state index in [0.29, 0.717) is 5.95 Å². The monoisotopic (exact) mass is 143 g/mol. The Hall–Kier alpha value is -1.64. The van der Waals surface area contributed by atoms with Crippen molar-refractivity contribution >= 4 is 5.95 Å². The number of aromatic nitrogens is 2. The fourth-order valence-corrected chi connectivity index (χ4v) is 1.51. The summed E-state index contributed by atoms with van der Waals surface area (Å²) in [4.78, 5) is 8.16. The van der Waals surface area contributed by atoms with Crippen LogP contribution in [0.2, 0.25) is 0 Å². The van der Waals surface area contributed by atoms with Crippen molar-refractivity contribution in [2.45, 2.75) is 0 Å². The third kappa shape index (κ3) is 0.420. The lowest BCUT2D eigenvalue weighted by Crippen LogP contribution is -1.92. The number of nitrogens with two attached hydrogens (primary N) is 1. The van der Waals surface area contributed by atoms with Gasteiger partial charge in [0.1, 0.15) is 11.4 Å². The Morgan fingerprint density at radius 2 is 1.55 bits per heavy atom. The Labute approximate surface area is 63.2 Å². The first-order chi connectivity index (χ1) is 5.36. The van der Waals surface area contributed by atoms with Gasteiger partial charge in [0.05, 0.1) is 0 Å². The lowest BCUT2D eigenvalue weighted by Gasteiger charge is -2.10. The number of hydrogen-bond donors (Lipinski definition) is 1. The van der Waals surface area contributed by atoms with Gasteiger partial charge >= 0.3 is 0 Å². The summed E-state index contributed by atoms with van der Waals surface area (Å²) < 4.78 is 0. The molecule has 3 nitrogen and oxygen atoms in total. The van der Waals surface area contributed by atoms with Crippen molar-refractivity contribution in [2.75, 3.05) is 5.73 Å². The maximum Gasteiger partial charge on any atom is 0.221 e. The van der Waals surface area contributed by atoms with Gasteiger partial charge in [-0.15, -0.1) is 0 Å². The van der Waals surface area contributed by atoms with Gasteiger partial charge in [-0.25, -0.2) is 9.97 Å². The molecule has 0 aromatic rings. The van der Waals surface area contributed by atoms with Crippen molar-refractivity contribution < 1.29 is 0 Å². The normalized spacial score (nSPS) is 12.0. The molecule has 52 valence electrons. The van der Waals surface area contributed by atoms with Crippen LogP contribution in [0.4, 0.5) is 5.95 Å². The molecule has 0 aromatic carbocycles. The first-order valence-electron chi connectivity index (χ1n) is 3.43. The molecule has 3 heteroatoms. The quantitative estimate of drug-likeness (QED) is 0.513. The van der Waals surface area contributed by atoms with Gasteiger partial charge in [0.2, 0.25) is 5.95 Å². The van der Waals surface area contributed by atoms with Crippen molar-refractivity contribution in [2.24, 2.45) is 0 Å². The van der Waals surface area contributed by atoms with Gasteiger partial charge in [0.25, 0.3) is 0 Å². The second-order valence-corrected chi connectivity index (χ2v) is 2.63. The fraction of sp³-hybridized carbons (Fsp3) is 0. The summed E-state index contributed by atoms with van der Waals surface area (Å²) in [6, 6.07) is 6.07. The van der Waals surface area contributed by atoms with Crippen LogP contribution in [0.15, 0.2) is 18.2 Å². The summed E-state index contributed by atoms with van der Waals surface area (Å²) in [5.74, 6) is 0.381. The molecule has 0 spiro atoms. The van der Waals surface area contributed by atoms with Crippen LogP contribution in [0, 0.1) is 0 Å². The van der Waals surface area contributed by atoms with Crippen molar-refractivity contribution in [3.05, 3.63) is 18.2 Å². The Balaban J connectivity index is 2.47. The van der Waals surface area contributed by atoms with Crippen molar-refractivity contribution in [3.63, 3.8) is 0 Å². The molecular formula is C8H5N3. The van der Waals surface area contributed by atoms with Crippen LogP contribution in [-0.4, -0.2) is 9.97 Å². The topological polar surface area (TPSA) is 51.8 Å². The SMILES string of the molecule is Nc1nc2c3cccc-3c-2n1. The molecule has 2 aliphatic carbocycles. The number of fused-ring (bicyclic) bond motifs is 4. The molecule has 3 aliphatic rings. The smallest absolute Gasteiger partial charge is 0.221 e. The molecule has 2 N–H and O–H groups in total. The lowest BCUT2D eigenvalue weighted by molar-refractivity contribution is 1.35. The maximum atomic E-state index is 5.44. The first kappa shape index (κ1) is 5.07. The van der Waals surface area contributed by atoms with Gasteiger partial charge in [0, 0.05) is 11.1 Å². The highest BCUT2D eigenvalue weighted by Gasteiger charge is 2.27. The molecule has 0 saturated heterocycles. The van der Waals surface area contributed by atoms with Crippen LogP contribution in [-0.2, 0) is 0 Å². The highest BCUT2D eigenvalue weighted by Crippen LogP contribution is 2.46. The van der Waals surface area contributed by atoms with Gasteiger partial charge in [-0.2, -0.15) is 0 Å². The zero-order chi connectivity index (χ0) is 7.42. The van der Waals surface area contributed by atoms with Crippen LogP contribution < -0.4 is 5.73 Å². The third-order valence-electron chi connectivity index (χ3n) is 2.00. The molecule has 0 amide bonds. The van der Waals surface area contributed by atoms with E-state index in [2.05, 4.69) is 9.97 Å². The van der Waals surface area contributed by atoms with Gasteiger partial charge in [-0.3, -0.25) is 0 Å². The molecule has 0 unspecified atom stereocenters. The maximum absolute atomic E-state index is 5.44. The second kappa shape index (κ2) is 1.34. The van der Waals surface area contributed by atoms with Crippen molar-refractivity contribution in [1.29, 1.82) is 0 Å². The van der Waals surface area contributed by atoms with E-state index < -0.39 is 0 Å². The molecule has 0 fully saturated rings. The zero-order valence-corrected chi connectivity index (χ0v) is 5.70. The number of hydrogen-bond acceptors (Lipinski definition) is 3. The van der Waals surface area contributed by atoms with Crippen LogP contribution in [0.25, 0.3) is 22.5 Å². The molecule has 1 heterocycles. The first-order valence-corrected chi connectivity index (χ1v) is 3.43. The molecule has 11 heavy (non-hydrogen) atoms. The summed E-state index contributed by atoms with van der Waals surface area (Å²) in [5, 5.41) is 0. The number of rotatable bonds is 0. The van der Waals surface area contributed by atoms with Gasteiger partial charge in [-0.1, -0.05) is 18.2 Å². The minimum atomic E-state index is 0.381. The largest absolute Gasteiger partial charge is 0.368 e. The van der Waals surface area contributed by atoms with E-state index in [4.69, 9.17) is 5.73 Å². The van der Waals surface area contributed by atoms with Crippen molar-refractivity contribution in [1.82, 2.24) is 9.97 Å². The van der Waals surface area contributed by atoms with Gasteiger partial charge in [-0.05, 0) is 0 Å². The molecule has 1 aliphatic heterocycles. The van der Waals surface area contributed by atoms with E-state index >= 15 is 0 Å². The van der Waals surface area contributed by atoms with Crippen LogP contribution >= 0.6 is 0 Å². The molecule has 0 saturated carbocycles. The van der Waals surface area contributed by atoms with Crippen LogP contribution in [0.3, 0.4) is 0 Å². The fourth-order valence-electron chi connectivity index (χ4n) is 1.51. The highest BCUT2D eigenvalue weighted by atomic mass is 15.1. The minimum Gasteiger partial charge on any atom is -0.368 e. The lowest BCUT2D eigenvalue weighted by atomic mass is 9.95. The average molecular weight is 143 g/mol. The summed E-state index contributed by atoms with van der Waals surface area (Å²) in [6.07, 6.45) is 0. The standard InChI is InChI=1S/C8H5N3/c9-8-10-6-4-2-1-3-5(4)7(6)11-8/h1-3H,(H2,9,10,11). The van der Waals surface area contributed by atoms with E-state index in [1.807, 2.05) is 18.2 Å². The summed E-state index contributed by atoms with van der Waals surface area (Å²) in [5.41, 5.74) is 9.73. The van der Waals surface area contributed by atoms with Gasteiger partial charge < -0.3 is 5.73 Å². The summed E-state index contributed by atoms with van der Waals surface area (Å²) in [6.45, 7) is 0. The molecule has 0 atom stereocenters. The van der Waals surface area contributed by atoms with E-state index in [-0.39, 0.29) is 0 Å². The number of nitrogens with zero attached hydrogens (tertiary/aromatic N) is 2. The van der Waals surface area contributed by atoms with Crippen LogP contribution in [0.5, 0.6) is 0 Å². The van der Waals surface area contributed by atoms with Crippen molar-refractivity contribution in [3.8, 4) is 22.5 Å². The Morgan fingerprint density at radius 3 is 2.09 bits per heavy atom. The van der Waals surface area contributed by atoms with Crippen LogP contribution in [0.1, 0.15) is 0 Å². The number of nitrogen functional groups attached to an aromatic ring is 1. The third-order valence-corrected chi connectivity index (χ3v) is 2.00. The molecule has 3 rings (SSSR count). The average Bonchev–Trinajstić information content (AvgIpc) is 2.49. The highest BCUT2D eigenvalue weighted by molar-refractivity contribution is 5.99. The second-order valence-electron chi connectivity index (χ2n) is 2.63. The molecule has 0 bridgehead atoms. The predicted octanol–water partition coefficient (Wildman–Crippen LogP) is 1.14. The number of anilines is 1. The zero-order valence-electron chi connectivity index (χ0n) is 5.70. The molecular weight excluding hydrogens is 138 g/mol. The summed E-state index contributed by atoms with van der Waals surface area (Å²) in [7, 11) is 0. The Kier molecular flexibility index (Phi) is 0.619. The van der Waals surface area contributed by atoms with E-state index in [1.54, 1.807) is 0 Å². The Morgan fingerprint density at radius 1 is 1.00 bits per heavy atom. The summed E-state index contributed by atoms with van der Waals surface area (Å²) >= 11 is 0. The Bertz CT molecular complexity index is 385. The predicted molar refractivity (Wildman–Crippen MR) is 42.1 cm³/mol. The molecule has 0 aromatic heterocycles. The van der Waals surface area contributed by atoms with E-state index in [0.717, 1.165) is 11.4 Å². The van der Waals surface area contributed by atoms with E-state index in [9.17, 15) is 0 Å². The van der Waals surface area contributed by atoms with E-state index in [1.165, 1.54) is 11.1 Å². The molecule has 0 radical (unpaired) electrons. The van der Waals surface area contributed by atoms with Gasteiger partial charge in [0.15, 0.2) is 0 Å².